The highest BCUT2D eigenvalue weighted by atomic mass is 32.1. The first-order chi connectivity index (χ1) is 10.6. The van der Waals surface area contributed by atoms with Gasteiger partial charge in [0, 0.05) is 12.1 Å². The van der Waals surface area contributed by atoms with Crippen molar-refractivity contribution in [2.24, 2.45) is 5.73 Å². The molecule has 1 aromatic rings. The molecule has 0 aliphatic heterocycles. The third-order valence-electron chi connectivity index (χ3n) is 3.04. The van der Waals surface area contributed by atoms with Crippen molar-refractivity contribution in [1.82, 2.24) is 4.98 Å². The van der Waals surface area contributed by atoms with E-state index in [0.29, 0.717) is 6.42 Å². The highest BCUT2D eigenvalue weighted by molar-refractivity contribution is 7.09. The molecule has 0 saturated heterocycles. The van der Waals surface area contributed by atoms with Crippen LogP contribution in [0, 0.1) is 17.0 Å². The van der Waals surface area contributed by atoms with Crippen molar-refractivity contribution in [2.75, 3.05) is 13.2 Å². The fourth-order valence-corrected chi connectivity index (χ4v) is 2.87. The van der Waals surface area contributed by atoms with Gasteiger partial charge in [0.1, 0.15) is 12.7 Å². The Kier molecular flexibility index (Phi) is 5.68. The molecule has 0 amide bonds. The molecule has 0 spiro atoms. The third kappa shape index (κ3) is 4.40. The minimum atomic E-state index is -0.829. The summed E-state index contributed by atoms with van der Waals surface area (Å²) >= 11 is 1.49. The van der Waals surface area contributed by atoms with E-state index in [-0.39, 0.29) is 19.3 Å². The molecule has 1 unspecified atom stereocenters. The smallest absolute Gasteiger partial charge is 0.294 e. The Hall–Kier alpha value is -2.19. The van der Waals surface area contributed by atoms with Crippen molar-refractivity contribution < 1.29 is 14.7 Å². The molecule has 1 atom stereocenters. The standard InChI is InChI=1S/C14H17N3O4S/c1-10-14(22-9-16-10)13(20-7-8-21-17(18)19)11-3-2-4-12(15)6-5-11/h2-3,5-6,9,13H,4,7-8,15H2,1H3. The lowest BCUT2D eigenvalue weighted by atomic mass is 10.1. The van der Waals surface area contributed by atoms with Gasteiger partial charge in [-0.2, -0.15) is 0 Å². The molecule has 1 heterocycles. The monoisotopic (exact) mass is 323 g/mol. The van der Waals surface area contributed by atoms with E-state index in [1.807, 2.05) is 31.2 Å². The van der Waals surface area contributed by atoms with Crippen LogP contribution in [0.4, 0.5) is 0 Å². The largest absolute Gasteiger partial charge is 0.402 e. The predicted molar refractivity (Wildman–Crippen MR) is 82.6 cm³/mol. The van der Waals surface area contributed by atoms with Gasteiger partial charge in [-0.1, -0.05) is 18.2 Å². The molecule has 8 heteroatoms. The summed E-state index contributed by atoms with van der Waals surface area (Å²) in [5.74, 6) is 0. The Labute approximate surface area is 131 Å². The van der Waals surface area contributed by atoms with Gasteiger partial charge in [-0.15, -0.1) is 21.5 Å². The van der Waals surface area contributed by atoms with Gasteiger partial charge in [0.05, 0.1) is 22.7 Å². The molecule has 0 bridgehead atoms. The Morgan fingerprint density at radius 1 is 1.50 bits per heavy atom. The van der Waals surface area contributed by atoms with Crippen molar-refractivity contribution in [3.63, 3.8) is 0 Å². The quantitative estimate of drug-likeness (QED) is 0.470. The summed E-state index contributed by atoms with van der Waals surface area (Å²) < 4.78 is 5.80. The normalized spacial score (nSPS) is 15.7. The number of thiazole rings is 1. The molecule has 7 nitrogen and oxygen atoms in total. The average Bonchev–Trinajstić information content (AvgIpc) is 2.76. The van der Waals surface area contributed by atoms with Crippen LogP contribution < -0.4 is 5.73 Å². The number of hydrogen-bond donors (Lipinski definition) is 1. The van der Waals surface area contributed by atoms with Gasteiger partial charge in [0.25, 0.3) is 5.09 Å². The van der Waals surface area contributed by atoms with E-state index < -0.39 is 5.09 Å². The molecular weight excluding hydrogens is 306 g/mol. The molecule has 0 saturated carbocycles. The summed E-state index contributed by atoms with van der Waals surface area (Å²) in [6, 6.07) is 0. The van der Waals surface area contributed by atoms with E-state index in [1.165, 1.54) is 11.3 Å². The average molecular weight is 323 g/mol. The Morgan fingerprint density at radius 2 is 2.32 bits per heavy atom. The molecular formula is C14H17N3O4S. The van der Waals surface area contributed by atoms with Crippen LogP contribution in [0.3, 0.4) is 0 Å². The number of aromatic nitrogens is 1. The summed E-state index contributed by atoms with van der Waals surface area (Å²) in [7, 11) is 0. The van der Waals surface area contributed by atoms with Gasteiger partial charge in [0.2, 0.25) is 0 Å². The van der Waals surface area contributed by atoms with Crippen LogP contribution >= 0.6 is 11.3 Å². The fraction of sp³-hybridized carbons (Fsp3) is 0.357. The first kappa shape index (κ1) is 16.2. The molecule has 1 aliphatic rings. The number of ether oxygens (including phenoxy) is 1. The number of allylic oxidation sites excluding steroid dienone is 3. The van der Waals surface area contributed by atoms with Crippen LogP contribution in [-0.2, 0) is 9.57 Å². The van der Waals surface area contributed by atoms with Crippen LogP contribution in [0.2, 0.25) is 0 Å². The van der Waals surface area contributed by atoms with Gasteiger partial charge in [-0.3, -0.25) is 0 Å². The molecule has 118 valence electrons. The zero-order valence-electron chi connectivity index (χ0n) is 12.1. The van der Waals surface area contributed by atoms with E-state index in [9.17, 15) is 10.1 Å². The molecule has 2 N–H and O–H groups in total. The maximum absolute atomic E-state index is 10.2. The second-order valence-corrected chi connectivity index (χ2v) is 5.51. The second-order valence-electron chi connectivity index (χ2n) is 4.62. The predicted octanol–water partition coefficient (Wildman–Crippen LogP) is 2.45. The number of rotatable bonds is 7. The van der Waals surface area contributed by atoms with Crippen LogP contribution in [0.5, 0.6) is 0 Å². The molecule has 22 heavy (non-hydrogen) atoms. The van der Waals surface area contributed by atoms with Crippen LogP contribution in [0.25, 0.3) is 0 Å². The SMILES string of the molecule is Cc1ncsc1C(OCCO[N+](=O)[O-])C1=CC=C(N)CC=C1. The maximum atomic E-state index is 10.2. The van der Waals surface area contributed by atoms with Crippen molar-refractivity contribution in [3.8, 4) is 0 Å². The molecule has 0 fully saturated rings. The minimum absolute atomic E-state index is 0.105. The van der Waals surface area contributed by atoms with E-state index in [4.69, 9.17) is 10.5 Å². The minimum Gasteiger partial charge on any atom is -0.402 e. The van der Waals surface area contributed by atoms with E-state index >= 15 is 0 Å². The van der Waals surface area contributed by atoms with E-state index in [1.54, 1.807) is 5.51 Å². The Bertz CT molecular complexity index is 621. The van der Waals surface area contributed by atoms with Gasteiger partial charge in [0.15, 0.2) is 0 Å². The molecule has 0 aromatic carbocycles. The molecule has 1 aliphatic carbocycles. The van der Waals surface area contributed by atoms with Crippen molar-refractivity contribution in [2.45, 2.75) is 19.4 Å². The topological polar surface area (TPSA) is 101 Å². The van der Waals surface area contributed by atoms with Crippen molar-refractivity contribution in [1.29, 1.82) is 0 Å². The van der Waals surface area contributed by atoms with Crippen LogP contribution in [0.1, 0.15) is 23.1 Å². The first-order valence-electron chi connectivity index (χ1n) is 6.69. The van der Waals surface area contributed by atoms with Crippen molar-refractivity contribution >= 4 is 11.3 Å². The zero-order valence-corrected chi connectivity index (χ0v) is 12.9. The van der Waals surface area contributed by atoms with Gasteiger partial charge in [-0.05, 0) is 18.6 Å². The Balaban J connectivity index is 2.15. The third-order valence-corrected chi connectivity index (χ3v) is 4.02. The lowest BCUT2D eigenvalue weighted by Gasteiger charge is -2.18. The van der Waals surface area contributed by atoms with E-state index in [0.717, 1.165) is 21.8 Å². The van der Waals surface area contributed by atoms with Gasteiger partial charge >= 0.3 is 0 Å². The van der Waals surface area contributed by atoms with Gasteiger partial charge < -0.3 is 15.3 Å². The number of aryl methyl sites for hydroxylation is 1. The lowest BCUT2D eigenvalue weighted by Crippen LogP contribution is -2.13. The van der Waals surface area contributed by atoms with Gasteiger partial charge in [-0.25, -0.2) is 4.98 Å². The van der Waals surface area contributed by atoms with Crippen LogP contribution in [0.15, 0.2) is 41.1 Å². The number of nitrogens with two attached hydrogens (primary N) is 1. The molecule has 1 aromatic heterocycles. The molecule has 0 radical (unpaired) electrons. The summed E-state index contributed by atoms with van der Waals surface area (Å²) in [4.78, 5) is 19.7. The summed E-state index contributed by atoms with van der Waals surface area (Å²) in [5.41, 5.74) is 10.1. The number of nitrogens with zero attached hydrogens (tertiary/aromatic N) is 2. The fourth-order valence-electron chi connectivity index (χ4n) is 2.00. The highest BCUT2D eigenvalue weighted by Gasteiger charge is 2.20. The van der Waals surface area contributed by atoms with Crippen molar-refractivity contribution in [3.05, 3.63) is 61.8 Å². The number of hydrogen-bond acceptors (Lipinski definition) is 7. The van der Waals surface area contributed by atoms with E-state index in [2.05, 4.69) is 9.82 Å². The Morgan fingerprint density at radius 3 is 3.00 bits per heavy atom. The van der Waals surface area contributed by atoms with Crippen LogP contribution in [-0.4, -0.2) is 23.3 Å². The first-order valence-corrected chi connectivity index (χ1v) is 7.57. The molecule has 2 rings (SSSR count). The summed E-state index contributed by atoms with van der Waals surface area (Å²) in [5, 5.41) is 9.36. The second kappa shape index (κ2) is 7.71. The zero-order chi connectivity index (χ0) is 15.9. The summed E-state index contributed by atoms with van der Waals surface area (Å²) in [6.45, 7) is 1.89. The maximum Gasteiger partial charge on any atom is 0.294 e. The lowest BCUT2D eigenvalue weighted by molar-refractivity contribution is -0.758. The summed E-state index contributed by atoms with van der Waals surface area (Å²) in [6.07, 6.45) is 7.99. The highest BCUT2D eigenvalue weighted by Crippen LogP contribution is 2.32.